The summed E-state index contributed by atoms with van der Waals surface area (Å²) < 4.78 is 0. The second kappa shape index (κ2) is 9.30. The number of aryl methyl sites for hydroxylation is 1. The Labute approximate surface area is 212 Å². The van der Waals surface area contributed by atoms with Crippen molar-refractivity contribution in [3.63, 3.8) is 0 Å². The lowest BCUT2D eigenvalue weighted by Crippen LogP contribution is -2.29. The van der Waals surface area contributed by atoms with E-state index in [0.717, 1.165) is 16.7 Å². The van der Waals surface area contributed by atoms with Gasteiger partial charge in [0, 0.05) is 11.3 Å². The smallest absolute Gasteiger partial charge is 0.300 e. The molecule has 3 aromatic carbocycles. The van der Waals surface area contributed by atoms with Crippen LogP contribution in [0.15, 0.2) is 72.3 Å². The number of carbonyl (C=O) groups excluding carboxylic acids is 2. The van der Waals surface area contributed by atoms with Gasteiger partial charge in [0.25, 0.3) is 11.7 Å². The number of hydrogen-bond donors (Lipinski definition) is 2. The van der Waals surface area contributed by atoms with Crippen LogP contribution in [0, 0.1) is 6.92 Å². The average molecular weight is 484 g/mol. The predicted molar refractivity (Wildman–Crippen MR) is 143 cm³/mol. The fourth-order valence-electron chi connectivity index (χ4n) is 4.62. The second-order valence-corrected chi connectivity index (χ2v) is 10.8. The van der Waals surface area contributed by atoms with Gasteiger partial charge in [-0.15, -0.1) is 0 Å². The molecule has 0 spiro atoms. The van der Waals surface area contributed by atoms with Gasteiger partial charge in [-0.25, -0.2) is 0 Å². The summed E-state index contributed by atoms with van der Waals surface area (Å²) in [7, 11) is 0. The maximum Gasteiger partial charge on any atom is 0.300 e. The molecule has 1 amide bonds. The third-order valence-corrected chi connectivity index (χ3v) is 6.83. The van der Waals surface area contributed by atoms with E-state index in [1.807, 2.05) is 49.4 Å². The van der Waals surface area contributed by atoms with E-state index < -0.39 is 17.7 Å². The zero-order valence-electron chi connectivity index (χ0n) is 21.7. The van der Waals surface area contributed by atoms with Gasteiger partial charge in [-0.3, -0.25) is 14.5 Å². The van der Waals surface area contributed by atoms with Crippen molar-refractivity contribution >= 4 is 23.1 Å². The monoisotopic (exact) mass is 483 g/mol. The van der Waals surface area contributed by atoms with E-state index in [-0.39, 0.29) is 22.5 Å². The van der Waals surface area contributed by atoms with Crippen molar-refractivity contribution in [2.24, 2.45) is 0 Å². The Morgan fingerprint density at radius 3 is 2.19 bits per heavy atom. The molecule has 5 heteroatoms. The number of anilines is 1. The van der Waals surface area contributed by atoms with Gasteiger partial charge in [0.2, 0.25) is 0 Å². The van der Waals surface area contributed by atoms with E-state index in [1.54, 1.807) is 12.1 Å². The van der Waals surface area contributed by atoms with Crippen molar-refractivity contribution in [2.75, 3.05) is 4.90 Å². The van der Waals surface area contributed by atoms with Gasteiger partial charge >= 0.3 is 0 Å². The van der Waals surface area contributed by atoms with Crippen molar-refractivity contribution < 1.29 is 19.8 Å². The van der Waals surface area contributed by atoms with Crippen molar-refractivity contribution in [1.29, 1.82) is 0 Å². The van der Waals surface area contributed by atoms with Gasteiger partial charge in [0.15, 0.2) is 0 Å². The minimum absolute atomic E-state index is 0.00713. The van der Waals surface area contributed by atoms with Crippen LogP contribution >= 0.6 is 0 Å². The molecule has 1 saturated heterocycles. The summed E-state index contributed by atoms with van der Waals surface area (Å²) in [4.78, 5) is 28.3. The van der Waals surface area contributed by atoms with Crippen LogP contribution < -0.4 is 4.90 Å². The molecule has 1 aliphatic heterocycles. The first kappa shape index (κ1) is 25.2. The van der Waals surface area contributed by atoms with Crippen LogP contribution in [0.2, 0.25) is 0 Å². The summed E-state index contributed by atoms with van der Waals surface area (Å²) in [5.41, 5.74) is 4.34. The number of aliphatic hydroxyl groups is 1. The van der Waals surface area contributed by atoms with Crippen molar-refractivity contribution in [3.8, 4) is 5.75 Å². The molecule has 1 aliphatic rings. The highest BCUT2D eigenvalue weighted by Crippen LogP contribution is 2.43. The molecule has 1 heterocycles. The molecule has 36 heavy (non-hydrogen) atoms. The van der Waals surface area contributed by atoms with Gasteiger partial charge in [-0.2, -0.15) is 0 Å². The number of benzene rings is 3. The Kier molecular flexibility index (Phi) is 6.52. The molecule has 4 rings (SSSR count). The van der Waals surface area contributed by atoms with Gasteiger partial charge in [-0.05, 0) is 70.8 Å². The maximum atomic E-state index is 13.5. The first-order valence-electron chi connectivity index (χ1n) is 12.2. The molecular formula is C31H33NO4. The summed E-state index contributed by atoms with van der Waals surface area (Å²) in [6.45, 7) is 12.3. The normalized spacial score (nSPS) is 17.8. The second-order valence-electron chi connectivity index (χ2n) is 10.8. The molecule has 0 saturated carbocycles. The van der Waals surface area contributed by atoms with Crippen molar-refractivity contribution in [3.05, 3.63) is 100 Å². The number of nitrogens with zero attached hydrogens (tertiary/aromatic N) is 1. The molecule has 1 unspecified atom stereocenters. The lowest BCUT2D eigenvalue weighted by atomic mass is 9.84. The van der Waals surface area contributed by atoms with Crippen LogP contribution in [0.3, 0.4) is 0 Å². The first-order chi connectivity index (χ1) is 16.9. The molecular weight excluding hydrogens is 450 g/mol. The summed E-state index contributed by atoms with van der Waals surface area (Å²) in [5.74, 6) is -1.36. The van der Waals surface area contributed by atoms with E-state index in [0.29, 0.717) is 22.7 Å². The Morgan fingerprint density at radius 1 is 0.944 bits per heavy atom. The summed E-state index contributed by atoms with van der Waals surface area (Å²) >= 11 is 0. The van der Waals surface area contributed by atoms with Crippen LogP contribution in [0.4, 0.5) is 5.69 Å². The fraction of sp³-hybridized carbons (Fsp3) is 0.290. The molecule has 1 atom stereocenters. The van der Waals surface area contributed by atoms with E-state index in [1.165, 1.54) is 17.0 Å². The van der Waals surface area contributed by atoms with Crippen LogP contribution in [-0.4, -0.2) is 21.9 Å². The highest BCUT2D eigenvalue weighted by Gasteiger charge is 2.47. The zero-order chi connectivity index (χ0) is 26.4. The minimum Gasteiger partial charge on any atom is -0.508 e. The van der Waals surface area contributed by atoms with E-state index in [9.17, 15) is 19.8 Å². The van der Waals surface area contributed by atoms with Gasteiger partial charge in [0.05, 0.1) is 11.6 Å². The summed E-state index contributed by atoms with van der Waals surface area (Å²) in [5, 5.41) is 21.8. The van der Waals surface area contributed by atoms with Crippen LogP contribution in [0.1, 0.15) is 74.4 Å². The lowest BCUT2D eigenvalue weighted by molar-refractivity contribution is -0.132. The Balaban J connectivity index is 1.96. The topological polar surface area (TPSA) is 77.8 Å². The highest BCUT2D eigenvalue weighted by molar-refractivity contribution is 6.51. The molecule has 0 aromatic heterocycles. The quantitative estimate of drug-likeness (QED) is 0.244. The molecule has 2 N–H and O–H groups in total. The molecule has 1 fully saturated rings. The summed E-state index contributed by atoms with van der Waals surface area (Å²) in [6.07, 6.45) is 0. The number of hydrogen-bond acceptors (Lipinski definition) is 4. The Morgan fingerprint density at radius 2 is 1.61 bits per heavy atom. The largest absolute Gasteiger partial charge is 0.508 e. The van der Waals surface area contributed by atoms with E-state index in [4.69, 9.17) is 0 Å². The third-order valence-electron chi connectivity index (χ3n) is 6.83. The average Bonchev–Trinajstić information content (AvgIpc) is 3.08. The van der Waals surface area contributed by atoms with E-state index >= 15 is 0 Å². The van der Waals surface area contributed by atoms with Crippen LogP contribution in [0.5, 0.6) is 5.75 Å². The molecule has 0 radical (unpaired) electrons. The van der Waals surface area contributed by atoms with Gasteiger partial charge in [-0.1, -0.05) is 71.0 Å². The highest BCUT2D eigenvalue weighted by atomic mass is 16.3. The molecule has 0 bridgehead atoms. The number of aliphatic hydroxyl groups excluding tert-OH is 1. The van der Waals surface area contributed by atoms with Crippen LogP contribution in [-0.2, 0) is 15.0 Å². The Hall–Kier alpha value is -3.86. The van der Waals surface area contributed by atoms with Crippen molar-refractivity contribution in [2.45, 2.75) is 58.9 Å². The number of aromatic hydroxyl groups is 1. The number of phenols is 1. The first-order valence-corrected chi connectivity index (χ1v) is 12.2. The van der Waals surface area contributed by atoms with Crippen LogP contribution in [0.25, 0.3) is 5.76 Å². The number of phenolic OH excluding ortho intramolecular Hbond substituents is 1. The van der Waals surface area contributed by atoms with E-state index in [2.05, 4.69) is 34.6 Å². The number of rotatable bonds is 4. The molecule has 186 valence electrons. The van der Waals surface area contributed by atoms with Crippen molar-refractivity contribution in [1.82, 2.24) is 0 Å². The molecule has 0 aliphatic carbocycles. The maximum absolute atomic E-state index is 13.5. The fourth-order valence-corrected chi connectivity index (χ4v) is 4.62. The van der Waals surface area contributed by atoms with Gasteiger partial charge in [0.1, 0.15) is 11.5 Å². The Bertz CT molecular complexity index is 1360. The number of amides is 1. The number of ketones is 1. The number of Topliss-reactive ketones (excluding diaryl/α,β-unsaturated/α-hetero) is 1. The minimum atomic E-state index is -0.889. The third kappa shape index (κ3) is 4.53. The lowest BCUT2D eigenvalue weighted by Gasteiger charge is -2.26. The van der Waals surface area contributed by atoms with Gasteiger partial charge < -0.3 is 10.2 Å². The molecule has 3 aromatic rings. The summed E-state index contributed by atoms with van der Waals surface area (Å²) in [6, 6.07) is 18.9. The predicted octanol–water partition coefficient (Wildman–Crippen LogP) is 6.75. The SMILES string of the molecule is Cc1ccc(C(C)(C)C)cc1/C(O)=C1\C(=O)C(=O)N(c2ccc(C(C)C)cc2)C1c1cccc(O)c1. The number of carbonyl (C=O) groups is 2. The zero-order valence-corrected chi connectivity index (χ0v) is 21.7. The molecule has 5 nitrogen and oxygen atoms in total. The standard InChI is InChI=1S/C31H33NO4/c1-18(2)20-11-14-23(15-12-20)32-27(21-8-7-9-24(33)16-21)26(29(35)30(32)36)28(34)25-17-22(31(4,5)6)13-10-19(25)3/h7-18,27,33-34H,1-6H3/b28-26+.